The number of aliphatic hydroxyl groups excluding tert-OH is 1. The van der Waals surface area contributed by atoms with E-state index in [1.165, 1.54) is 11.1 Å². The Balaban J connectivity index is 1.62. The molecule has 118 valence electrons. The van der Waals surface area contributed by atoms with Gasteiger partial charge in [0.05, 0.1) is 18.5 Å². The van der Waals surface area contributed by atoms with Crippen LogP contribution in [-0.2, 0) is 12.8 Å². The van der Waals surface area contributed by atoms with Gasteiger partial charge in [-0.1, -0.05) is 54.6 Å². The number of aromatic nitrogens is 2. The van der Waals surface area contributed by atoms with Gasteiger partial charge in [0.2, 0.25) is 0 Å². The van der Waals surface area contributed by atoms with Gasteiger partial charge in [0, 0.05) is 12.4 Å². The van der Waals surface area contributed by atoms with Gasteiger partial charge >= 0.3 is 0 Å². The van der Waals surface area contributed by atoms with Crippen LogP contribution in [0.5, 0.6) is 0 Å². The molecule has 2 aromatic carbocycles. The van der Waals surface area contributed by atoms with E-state index in [1.807, 2.05) is 35.9 Å². The number of hydrogen-bond acceptors (Lipinski definition) is 2. The number of rotatable bonds is 6. The highest BCUT2D eigenvalue weighted by Crippen LogP contribution is 2.26. The molecule has 0 radical (unpaired) electrons. The Morgan fingerprint density at radius 2 is 1.61 bits per heavy atom. The van der Waals surface area contributed by atoms with Gasteiger partial charge in [-0.15, -0.1) is 0 Å². The van der Waals surface area contributed by atoms with Crippen LogP contribution in [0, 0.1) is 0 Å². The minimum Gasteiger partial charge on any atom is -0.386 e. The number of aliphatic hydroxyl groups is 1. The fraction of sp³-hybridized carbons (Fsp3) is 0.250. The van der Waals surface area contributed by atoms with Crippen molar-refractivity contribution >= 4 is 0 Å². The van der Waals surface area contributed by atoms with E-state index in [4.69, 9.17) is 0 Å². The summed E-state index contributed by atoms with van der Waals surface area (Å²) in [6.07, 6.45) is 6.86. The molecule has 1 heterocycles. The molecule has 3 rings (SSSR count). The molecule has 0 bridgehead atoms. The number of aryl methyl sites for hydroxylation is 2. The van der Waals surface area contributed by atoms with E-state index in [0.29, 0.717) is 0 Å². The molecule has 1 N–H and O–H groups in total. The number of imidazole rings is 1. The van der Waals surface area contributed by atoms with Crippen LogP contribution in [0.2, 0.25) is 0 Å². The summed E-state index contributed by atoms with van der Waals surface area (Å²) in [4.78, 5) is 4.04. The highest BCUT2D eigenvalue weighted by atomic mass is 16.3. The van der Waals surface area contributed by atoms with Gasteiger partial charge in [-0.25, -0.2) is 4.98 Å². The van der Waals surface area contributed by atoms with E-state index in [2.05, 4.69) is 41.4 Å². The summed E-state index contributed by atoms with van der Waals surface area (Å²) >= 11 is 0. The van der Waals surface area contributed by atoms with Crippen LogP contribution in [0.1, 0.15) is 35.8 Å². The Labute approximate surface area is 137 Å². The van der Waals surface area contributed by atoms with Crippen LogP contribution in [0.25, 0.3) is 0 Å². The molecule has 23 heavy (non-hydrogen) atoms. The quantitative estimate of drug-likeness (QED) is 0.748. The lowest BCUT2D eigenvalue weighted by atomic mass is 9.99. The first-order valence-corrected chi connectivity index (χ1v) is 8.02. The van der Waals surface area contributed by atoms with Crippen LogP contribution >= 0.6 is 0 Å². The number of benzene rings is 2. The second kappa shape index (κ2) is 7.25. The molecule has 1 aromatic heterocycles. The lowest BCUT2D eigenvalue weighted by Crippen LogP contribution is -2.13. The molecule has 0 aliphatic heterocycles. The van der Waals surface area contributed by atoms with Gasteiger partial charge in [0.1, 0.15) is 0 Å². The van der Waals surface area contributed by atoms with Crippen molar-refractivity contribution in [2.24, 2.45) is 0 Å². The average Bonchev–Trinajstić information content (AvgIpc) is 3.15. The lowest BCUT2D eigenvalue weighted by molar-refractivity contribution is 0.122. The number of nitrogens with zero attached hydrogens (tertiary/aromatic N) is 2. The Bertz CT molecular complexity index is 705. The van der Waals surface area contributed by atoms with E-state index in [9.17, 15) is 5.11 Å². The Hall–Kier alpha value is -2.39. The number of hydrogen-bond donors (Lipinski definition) is 1. The minimum atomic E-state index is -0.535. The Morgan fingerprint density at radius 3 is 2.22 bits per heavy atom. The predicted octanol–water partition coefficient (Wildman–Crippen LogP) is 3.96. The maximum atomic E-state index is 10.5. The summed E-state index contributed by atoms with van der Waals surface area (Å²) in [7, 11) is 0. The van der Waals surface area contributed by atoms with Crippen LogP contribution in [0.3, 0.4) is 0 Å². The SMILES string of the molecule is C[C@@H]([C@@H](O)c1ccc(CCc2ccccc2)cc1)n1ccnc1. The molecule has 2 atom stereocenters. The van der Waals surface area contributed by atoms with Gasteiger partial charge < -0.3 is 9.67 Å². The average molecular weight is 306 g/mol. The van der Waals surface area contributed by atoms with E-state index in [0.717, 1.165) is 18.4 Å². The first-order valence-electron chi connectivity index (χ1n) is 8.02. The lowest BCUT2D eigenvalue weighted by Gasteiger charge is -2.20. The smallest absolute Gasteiger partial charge is 0.0994 e. The molecule has 3 aromatic rings. The van der Waals surface area contributed by atoms with Crippen LogP contribution < -0.4 is 0 Å². The summed E-state index contributed by atoms with van der Waals surface area (Å²) in [5.41, 5.74) is 3.58. The predicted molar refractivity (Wildman–Crippen MR) is 92.2 cm³/mol. The zero-order chi connectivity index (χ0) is 16.1. The minimum absolute atomic E-state index is 0.0346. The molecular weight excluding hydrogens is 284 g/mol. The van der Waals surface area contributed by atoms with Crippen molar-refractivity contribution in [1.29, 1.82) is 0 Å². The van der Waals surface area contributed by atoms with Crippen LogP contribution in [0.4, 0.5) is 0 Å². The molecule has 0 spiro atoms. The van der Waals surface area contributed by atoms with Crippen LogP contribution in [0.15, 0.2) is 73.3 Å². The van der Waals surface area contributed by atoms with E-state index in [1.54, 1.807) is 12.5 Å². The second-order valence-electron chi connectivity index (χ2n) is 5.92. The van der Waals surface area contributed by atoms with Gasteiger partial charge in [-0.3, -0.25) is 0 Å². The normalized spacial score (nSPS) is 13.7. The highest BCUT2D eigenvalue weighted by molar-refractivity contribution is 5.26. The summed E-state index contributed by atoms with van der Waals surface area (Å²) in [5.74, 6) is 0. The van der Waals surface area contributed by atoms with Crippen molar-refractivity contribution < 1.29 is 5.11 Å². The van der Waals surface area contributed by atoms with Gasteiger partial charge in [0.15, 0.2) is 0 Å². The van der Waals surface area contributed by atoms with E-state index < -0.39 is 6.10 Å². The fourth-order valence-electron chi connectivity index (χ4n) is 2.77. The molecule has 0 fully saturated rings. The van der Waals surface area contributed by atoms with E-state index >= 15 is 0 Å². The third-order valence-corrected chi connectivity index (χ3v) is 4.32. The van der Waals surface area contributed by atoms with Crippen molar-refractivity contribution in [3.05, 3.63) is 90.0 Å². The van der Waals surface area contributed by atoms with Crippen molar-refractivity contribution in [3.8, 4) is 0 Å². The topological polar surface area (TPSA) is 38.0 Å². The molecule has 0 aliphatic carbocycles. The molecule has 3 heteroatoms. The molecule has 0 saturated carbocycles. The largest absolute Gasteiger partial charge is 0.386 e. The third-order valence-electron chi connectivity index (χ3n) is 4.32. The zero-order valence-corrected chi connectivity index (χ0v) is 13.3. The molecule has 3 nitrogen and oxygen atoms in total. The maximum Gasteiger partial charge on any atom is 0.0994 e. The first-order chi connectivity index (χ1) is 11.2. The van der Waals surface area contributed by atoms with Crippen molar-refractivity contribution in [2.45, 2.75) is 31.9 Å². The van der Waals surface area contributed by atoms with Crippen molar-refractivity contribution in [3.63, 3.8) is 0 Å². The highest BCUT2D eigenvalue weighted by Gasteiger charge is 2.17. The third kappa shape index (κ3) is 3.88. The maximum absolute atomic E-state index is 10.5. The van der Waals surface area contributed by atoms with Crippen molar-refractivity contribution in [2.75, 3.05) is 0 Å². The Morgan fingerprint density at radius 1 is 0.957 bits per heavy atom. The Kier molecular flexibility index (Phi) is 4.89. The molecule has 0 unspecified atom stereocenters. The first kappa shape index (κ1) is 15.5. The molecular formula is C20H22N2O. The zero-order valence-electron chi connectivity index (χ0n) is 13.3. The van der Waals surface area contributed by atoms with Crippen molar-refractivity contribution in [1.82, 2.24) is 9.55 Å². The second-order valence-corrected chi connectivity index (χ2v) is 5.92. The summed E-state index contributed by atoms with van der Waals surface area (Å²) < 4.78 is 1.92. The monoisotopic (exact) mass is 306 g/mol. The summed E-state index contributed by atoms with van der Waals surface area (Å²) in [5, 5.41) is 10.5. The molecule has 0 saturated heterocycles. The van der Waals surface area contributed by atoms with Gasteiger partial charge in [-0.05, 0) is 36.5 Å². The summed E-state index contributed by atoms with van der Waals surface area (Å²) in [6.45, 7) is 2.00. The van der Waals surface area contributed by atoms with Gasteiger partial charge in [0.25, 0.3) is 0 Å². The van der Waals surface area contributed by atoms with Gasteiger partial charge in [-0.2, -0.15) is 0 Å². The summed E-state index contributed by atoms with van der Waals surface area (Å²) in [6, 6.07) is 18.8. The van der Waals surface area contributed by atoms with E-state index in [-0.39, 0.29) is 6.04 Å². The van der Waals surface area contributed by atoms with Crippen LogP contribution in [-0.4, -0.2) is 14.7 Å². The fourth-order valence-corrected chi connectivity index (χ4v) is 2.77. The molecule has 0 aliphatic rings. The standard InChI is InChI=1S/C20H22N2O/c1-16(22-14-13-21-15-22)20(23)19-11-9-18(10-12-19)8-7-17-5-3-2-4-6-17/h2-6,9-16,20,23H,7-8H2,1H3/t16-,20+/m0/s1. The molecule has 0 amide bonds.